The van der Waals surface area contributed by atoms with Crippen LogP contribution in [0.25, 0.3) is 11.3 Å². The van der Waals surface area contributed by atoms with E-state index in [4.69, 9.17) is 4.74 Å². The summed E-state index contributed by atoms with van der Waals surface area (Å²) in [6, 6.07) is 7.58. The predicted octanol–water partition coefficient (Wildman–Crippen LogP) is 3.30. The number of ether oxygens (including phenoxy) is 1. The molecule has 0 spiro atoms. The van der Waals surface area contributed by atoms with E-state index < -0.39 is 6.23 Å². The largest absolute Gasteiger partial charge is 0.451 e. The predicted molar refractivity (Wildman–Crippen MR) is 94.1 cm³/mol. The van der Waals surface area contributed by atoms with Crippen LogP contribution in [0.4, 0.5) is 5.69 Å². The number of rotatable bonds is 4. The van der Waals surface area contributed by atoms with Gasteiger partial charge in [0.2, 0.25) is 16.9 Å². The second-order valence-electron chi connectivity index (χ2n) is 5.23. The fourth-order valence-electron chi connectivity index (χ4n) is 2.60. The second kappa shape index (κ2) is 7.00. The van der Waals surface area contributed by atoms with Gasteiger partial charge in [-0.05, 0) is 6.07 Å². The van der Waals surface area contributed by atoms with Crippen LogP contribution >= 0.6 is 11.8 Å². The summed E-state index contributed by atoms with van der Waals surface area (Å²) in [7, 11) is 0. The van der Waals surface area contributed by atoms with Gasteiger partial charge in [-0.15, -0.1) is 16.8 Å². The zero-order valence-electron chi connectivity index (χ0n) is 13.6. The summed E-state index contributed by atoms with van der Waals surface area (Å²) in [4.78, 5) is 18.3. The van der Waals surface area contributed by atoms with E-state index in [0.29, 0.717) is 28.9 Å². The number of hydrogen-bond acceptors (Lipinski definition) is 6. The van der Waals surface area contributed by atoms with Crippen molar-refractivity contribution in [2.45, 2.75) is 31.7 Å². The van der Waals surface area contributed by atoms with Crippen molar-refractivity contribution in [2.24, 2.45) is 0 Å². The maximum atomic E-state index is 12.2. The highest BCUT2D eigenvalue weighted by atomic mass is 32.2. The normalized spacial score (nSPS) is 15.8. The Morgan fingerprint density at radius 3 is 2.92 bits per heavy atom. The van der Waals surface area contributed by atoms with Gasteiger partial charge < -0.3 is 4.74 Å². The molecular weight excluding hydrogens is 324 g/mol. The van der Waals surface area contributed by atoms with Crippen LogP contribution in [-0.2, 0) is 4.79 Å². The molecule has 1 aromatic heterocycles. The van der Waals surface area contributed by atoms with Crippen molar-refractivity contribution >= 4 is 23.4 Å². The summed E-state index contributed by atoms with van der Waals surface area (Å²) >= 11 is 1.43. The molecule has 1 atom stereocenters. The molecule has 24 heavy (non-hydrogen) atoms. The molecule has 0 saturated heterocycles. The first-order valence-electron chi connectivity index (χ1n) is 7.70. The van der Waals surface area contributed by atoms with Gasteiger partial charge >= 0.3 is 0 Å². The van der Waals surface area contributed by atoms with Crippen molar-refractivity contribution in [1.29, 1.82) is 0 Å². The molecule has 124 valence electrons. The minimum Gasteiger partial charge on any atom is -0.451 e. The average molecular weight is 342 g/mol. The Hall–Kier alpha value is -2.41. The van der Waals surface area contributed by atoms with Crippen LogP contribution < -0.4 is 9.64 Å². The summed E-state index contributed by atoms with van der Waals surface area (Å²) in [5, 5.41) is 8.99. The lowest BCUT2D eigenvalue weighted by molar-refractivity contribution is -0.118. The fourth-order valence-corrected chi connectivity index (χ4v) is 3.12. The molecule has 1 aromatic carbocycles. The SMILES string of the molecule is C=CCSc1nnc2c(n1)O[C@H](CC)N(C(C)=O)c1ccccc1-2. The van der Waals surface area contributed by atoms with Crippen LogP contribution in [0, 0.1) is 0 Å². The number of carbonyl (C=O) groups excluding carboxylic acids is 1. The smallest absolute Gasteiger partial charge is 0.247 e. The Morgan fingerprint density at radius 1 is 1.42 bits per heavy atom. The number of anilines is 1. The van der Waals surface area contributed by atoms with E-state index >= 15 is 0 Å². The molecule has 1 amide bonds. The summed E-state index contributed by atoms with van der Waals surface area (Å²) in [6.07, 6.45) is 1.98. The highest BCUT2D eigenvalue weighted by Crippen LogP contribution is 2.39. The molecule has 0 bridgehead atoms. The van der Waals surface area contributed by atoms with Crippen LogP contribution in [0.1, 0.15) is 20.3 Å². The molecule has 0 unspecified atom stereocenters. The Morgan fingerprint density at radius 2 is 2.21 bits per heavy atom. The van der Waals surface area contributed by atoms with Crippen LogP contribution in [0.3, 0.4) is 0 Å². The lowest BCUT2D eigenvalue weighted by Crippen LogP contribution is -2.42. The molecule has 0 saturated carbocycles. The number of carbonyl (C=O) groups is 1. The van der Waals surface area contributed by atoms with Gasteiger partial charge in [-0.3, -0.25) is 9.69 Å². The van der Waals surface area contributed by atoms with Crippen molar-refractivity contribution in [2.75, 3.05) is 10.7 Å². The number of amides is 1. The number of fused-ring (bicyclic) bond motifs is 3. The van der Waals surface area contributed by atoms with Gasteiger partial charge in [0, 0.05) is 24.7 Å². The standard InChI is InChI=1S/C17H18N4O2S/c1-4-10-24-17-18-16-15(19-20-17)12-8-6-7-9-13(12)21(11(3)22)14(5-2)23-16/h4,6-9,14H,1,5,10H2,2-3H3/t14-/m1/s1. The minimum atomic E-state index is -0.432. The Kier molecular flexibility index (Phi) is 4.80. The molecule has 7 heteroatoms. The second-order valence-corrected chi connectivity index (χ2v) is 6.22. The Bertz CT molecular complexity index is 781. The molecule has 6 nitrogen and oxygen atoms in total. The van der Waals surface area contributed by atoms with Gasteiger partial charge in [0.05, 0.1) is 5.69 Å². The Labute approximate surface area is 144 Å². The summed E-state index contributed by atoms with van der Waals surface area (Å²) in [5.41, 5.74) is 2.10. The molecule has 2 aromatic rings. The van der Waals surface area contributed by atoms with Crippen LogP contribution in [0.15, 0.2) is 42.1 Å². The first-order valence-corrected chi connectivity index (χ1v) is 8.68. The number of aromatic nitrogens is 3. The highest BCUT2D eigenvalue weighted by Gasteiger charge is 2.32. The monoisotopic (exact) mass is 342 g/mol. The molecule has 2 heterocycles. The lowest BCUT2D eigenvalue weighted by atomic mass is 10.1. The number of benzene rings is 1. The third-order valence-electron chi connectivity index (χ3n) is 3.61. The number of thioether (sulfide) groups is 1. The minimum absolute atomic E-state index is 0.0867. The topological polar surface area (TPSA) is 68.2 Å². The van der Waals surface area contributed by atoms with Gasteiger partial charge in [0.15, 0.2) is 11.9 Å². The van der Waals surface area contributed by atoms with Crippen molar-refractivity contribution in [3.05, 3.63) is 36.9 Å². The summed E-state index contributed by atoms with van der Waals surface area (Å²) in [6.45, 7) is 7.19. The summed E-state index contributed by atoms with van der Waals surface area (Å²) < 4.78 is 6.04. The lowest BCUT2D eigenvalue weighted by Gasteiger charge is -2.28. The van der Waals surface area contributed by atoms with E-state index in [1.807, 2.05) is 31.2 Å². The summed E-state index contributed by atoms with van der Waals surface area (Å²) in [5.74, 6) is 1.00. The fraction of sp³-hybridized carbons (Fsp3) is 0.294. The van der Waals surface area contributed by atoms with Crippen molar-refractivity contribution in [1.82, 2.24) is 15.2 Å². The van der Waals surface area contributed by atoms with Gasteiger partial charge in [0.1, 0.15) is 0 Å². The van der Waals surface area contributed by atoms with E-state index in [9.17, 15) is 4.79 Å². The van der Waals surface area contributed by atoms with Crippen LogP contribution in [-0.4, -0.2) is 33.1 Å². The molecule has 0 fully saturated rings. The van der Waals surface area contributed by atoms with E-state index in [1.54, 1.807) is 11.0 Å². The van der Waals surface area contributed by atoms with Crippen molar-refractivity contribution in [3.8, 4) is 17.1 Å². The third kappa shape index (κ3) is 2.99. The molecule has 0 radical (unpaired) electrons. The van der Waals surface area contributed by atoms with Crippen LogP contribution in [0.2, 0.25) is 0 Å². The van der Waals surface area contributed by atoms with E-state index in [1.165, 1.54) is 18.7 Å². The number of para-hydroxylation sites is 1. The maximum absolute atomic E-state index is 12.2. The van der Waals surface area contributed by atoms with Gasteiger partial charge in [0.25, 0.3) is 0 Å². The number of hydrogen-bond donors (Lipinski definition) is 0. The molecule has 0 N–H and O–H groups in total. The van der Waals surface area contributed by atoms with E-state index in [0.717, 1.165) is 11.3 Å². The van der Waals surface area contributed by atoms with Gasteiger partial charge in [-0.25, -0.2) is 0 Å². The maximum Gasteiger partial charge on any atom is 0.247 e. The Balaban J connectivity index is 2.15. The van der Waals surface area contributed by atoms with Gasteiger partial charge in [-0.1, -0.05) is 43.0 Å². The molecule has 1 aliphatic rings. The average Bonchev–Trinajstić information content (AvgIpc) is 2.73. The molecule has 3 rings (SSSR count). The molecule has 0 aliphatic carbocycles. The first kappa shape index (κ1) is 16.4. The zero-order chi connectivity index (χ0) is 17.1. The van der Waals surface area contributed by atoms with E-state index in [-0.39, 0.29) is 5.91 Å². The van der Waals surface area contributed by atoms with Gasteiger partial charge in [-0.2, -0.15) is 4.98 Å². The number of nitrogens with zero attached hydrogens (tertiary/aromatic N) is 4. The quantitative estimate of drug-likeness (QED) is 0.627. The molecule has 1 aliphatic heterocycles. The first-order chi connectivity index (χ1) is 11.7. The van der Waals surface area contributed by atoms with Crippen LogP contribution in [0.5, 0.6) is 5.88 Å². The zero-order valence-corrected chi connectivity index (χ0v) is 14.4. The van der Waals surface area contributed by atoms with Crippen molar-refractivity contribution < 1.29 is 9.53 Å². The van der Waals surface area contributed by atoms with Crippen molar-refractivity contribution in [3.63, 3.8) is 0 Å². The third-order valence-corrected chi connectivity index (χ3v) is 4.44. The highest BCUT2D eigenvalue weighted by molar-refractivity contribution is 7.99. The van der Waals surface area contributed by atoms with E-state index in [2.05, 4.69) is 21.8 Å². The molecular formula is C17H18N4O2S.